The molecule has 0 aliphatic carbocycles. The van der Waals surface area contributed by atoms with Crippen LogP contribution in [0.1, 0.15) is 20.3 Å². The molecule has 0 bridgehead atoms. The minimum atomic E-state index is -0.226. The van der Waals surface area contributed by atoms with Crippen LogP contribution in [-0.2, 0) is 14.3 Å². The van der Waals surface area contributed by atoms with Gasteiger partial charge in [0.15, 0.2) is 0 Å². The van der Waals surface area contributed by atoms with Gasteiger partial charge in [0.2, 0.25) is 0 Å². The molecular weight excluding hydrogens is 144 g/mol. The van der Waals surface area contributed by atoms with Crippen LogP contribution in [0.5, 0.6) is 0 Å². The Hall–Kier alpha value is -0.990. The van der Waals surface area contributed by atoms with Crippen molar-refractivity contribution in [3.8, 4) is 0 Å². The van der Waals surface area contributed by atoms with Gasteiger partial charge in [0, 0.05) is 6.42 Å². The highest BCUT2D eigenvalue weighted by Crippen LogP contribution is 2.17. The van der Waals surface area contributed by atoms with Crippen LogP contribution in [0.3, 0.4) is 0 Å². The highest BCUT2D eigenvalue weighted by molar-refractivity contribution is 5.90. The second-order valence-corrected chi connectivity index (χ2v) is 2.35. The van der Waals surface area contributed by atoms with E-state index in [0.29, 0.717) is 31.0 Å². The van der Waals surface area contributed by atoms with Gasteiger partial charge in [-0.05, 0) is 13.8 Å². The van der Waals surface area contributed by atoms with Crippen molar-refractivity contribution in [3.63, 3.8) is 0 Å². The molecule has 1 fully saturated rings. The molecule has 1 aliphatic rings. The summed E-state index contributed by atoms with van der Waals surface area (Å²) >= 11 is 0. The summed E-state index contributed by atoms with van der Waals surface area (Å²) in [7, 11) is 0. The first-order chi connectivity index (χ1) is 5.25. The molecule has 62 valence electrons. The molecule has 0 aromatic heterocycles. The van der Waals surface area contributed by atoms with Gasteiger partial charge in [-0.2, -0.15) is 0 Å². The van der Waals surface area contributed by atoms with Crippen LogP contribution in [0.15, 0.2) is 11.3 Å². The van der Waals surface area contributed by atoms with Crippen LogP contribution in [-0.4, -0.2) is 19.2 Å². The first-order valence-corrected chi connectivity index (χ1v) is 3.75. The Morgan fingerprint density at radius 2 is 2.45 bits per heavy atom. The topological polar surface area (TPSA) is 35.5 Å². The highest BCUT2D eigenvalue weighted by atomic mass is 16.5. The summed E-state index contributed by atoms with van der Waals surface area (Å²) in [6.45, 7) is 4.79. The lowest BCUT2D eigenvalue weighted by Gasteiger charge is -2.03. The van der Waals surface area contributed by atoms with Crippen molar-refractivity contribution >= 4 is 5.97 Å². The molecule has 1 rings (SSSR count). The van der Waals surface area contributed by atoms with Gasteiger partial charge in [-0.1, -0.05) is 0 Å². The van der Waals surface area contributed by atoms with E-state index in [2.05, 4.69) is 0 Å². The third kappa shape index (κ3) is 1.73. The van der Waals surface area contributed by atoms with Crippen molar-refractivity contribution in [3.05, 3.63) is 11.3 Å². The van der Waals surface area contributed by atoms with Crippen LogP contribution in [0.25, 0.3) is 0 Å². The molecule has 0 saturated carbocycles. The number of cyclic esters (lactones) is 1. The summed E-state index contributed by atoms with van der Waals surface area (Å²) in [5, 5.41) is 0. The molecule has 0 unspecified atom stereocenters. The van der Waals surface area contributed by atoms with E-state index in [4.69, 9.17) is 9.47 Å². The third-order valence-corrected chi connectivity index (χ3v) is 1.62. The number of carbonyl (C=O) groups excluding carboxylic acids is 1. The first-order valence-electron chi connectivity index (χ1n) is 3.75. The summed E-state index contributed by atoms with van der Waals surface area (Å²) in [6, 6.07) is 0. The number of hydrogen-bond donors (Lipinski definition) is 0. The highest BCUT2D eigenvalue weighted by Gasteiger charge is 2.21. The van der Waals surface area contributed by atoms with Gasteiger partial charge in [-0.25, -0.2) is 4.79 Å². The maximum absolute atomic E-state index is 10.9. The Morgan fingerprint density at radius 3 is 2.91 bits per heavy atom. The normalized spacial score (nSPS) is 21.5. The van der Waals surface area contributed by atoms with Gasteiger partial charge in [0.1, 0.15) is 5.76 Å². The quantitative estimate of drug-likeness (QED) is 0.343. The van der Waals surface area contributed by atoms with Crippen LogP contribution < -0.4 is 0 Å². The molecule has 11 heavy (non-hydrogen) atoms. The number of hydrogen-bond acceptors (Lipinski definition) is 3. The average molecular weight is 156 g/mol. The predicted molar refractivity (Wildman–Crippen MR) is 39.9 cm³/mol. The summed E-state index contributed by atoms with van der Waals surface area (Å²) in [6.07, 6.45) is 0.685. The van der Waals surface area contributed by atoms with Gasteiger partial charge in [-0.3, -0.25) is 0 Å². The van der Waals surface area contributed by atoms with Crippen LogP contribution in [0.2, 0.25) is 0 Å². The average Bonchev–Trinajstić information content (AvgIpc) is 2.36. The van der Waals surface area contributed by atoms with Gasteiger partial charge >= 0.3 is 5.97 Å². The fourth-order valence-corrected chi connectivity index (χ4v) is 1.06. The lowest BCUT2D eigenvalue weighted by atomic mass is 10.2. The van der Waals surface area contributed by atoms with E-state index in [-0.39, 0.29) is 5.97 Å². The van der Waals surface area contributed by atoms with Crippen molar-refractivity contribution in [1.29, 1.82) is 0 Å². The lowest BCUT2D eigenvalue weighted by molar-refractivity contribution is -0.135. The van der Waals surface area contributed by atoms with Gasteiger partial charge in [0.05, 0.1) is 18.8 Å². The maximum atomic E-state index is 10.9. The second kappa shape index (κ2) is 3.42. The third-order valence-electron chi connectivity index (χ3n) is 1.62. The molecular formula is C8H12O3. The molecule has 3 nitrogen and oxygen atoms in total. The van der Waals surface area contributed by atoms with Gasteiger partial charge < -0.3 is 9.47 Å². The smallest absolute Gasteiger partial charge is 0.337 e. The molecule has 1 aliphatic heterocycles. The van der Waals surface area contributed by atoms with E-state index >= 15 is 0 Å². The number of ether oxygens (including phenoxy) is 2. The zero-order valence-electron chi connectivity index (χ0n) is 6.85. The molecule has 0 aromatic carbocycles. The van der Waals surface area contributed by atoms with Gasteiger partial charge in [0.25, 0.3) is 0 Å². The van der Waals surface area contributed by atoms with E-state index in [1.54, 1.807) is 6.92 Å². The molecule has 1 saturated heterocycles. The molecule has 0 atom stereocenters. The summed E-state index contributed by atoms with van der Waals surface area (Å²) < 4.78 is 9.93. The molecule has 1 heterocycles. The zero-order chi connectivity index (χ0) is 8.27. The molecule has 0 spiro atoms. The number of allylic oxidation sites excluding steroid dienone is 1. The Labute approximate surface area is 66.0 Å². The number of esters is 1. The fourth-order valence-electron chi connectivity index (χ4n) is 1.06. The van der Waals surface area contributed by atoms with Gasteiger partial charge in [-0.15, -0.1) is 0 Å². The van der Waals surface area contributed by atoms with E-state index < -0.39 is 0 Å². The van der Waals surface area contributed by atoms with Crippen LogP contribution in [0.4, 0.5) is 0 Å². The fraction of sp³-hybridized carbons (Fsp3) is 0.625. The largest absolute Gasteiger partial charge is 0.498 e. The Bertz CT molecular complexity index is 194. The summed E-state index contributed by atoms with van der Waals surface area (Å²) in [5.41, 5.74) is 0.687. The minimum absolute atomic E-state index is 0.226. The Kier molecular flexibility index (Phi) is 2.52. The Balaban J connectivity index is 2.68. The molecule has 0 aromatic rings. The van der Waals surface area contributed by atoms with Crippen LogP contribution in [0, 0.1) is 0 Å². The summed E-state index contributed by atoms with van der Waals surface area (Å²) in [5.74, 6) is 0.478. The van der Waals surface area contributed by atoms with E-state index in [9.17, 15) is 4.79 Å². The van der Waals surface area contributed by atoms with E-state index in [1.165, 1.54) is 0 Å². The van der Waals surface area contributed by atoms with Crippen molar-refractivity contribution in [2.75, 3.05) is 13.2 Å². The van der Waals surface area contributed by atoms with Crippen molar-refractivity contribution in [1.82, 2.24) is 0 Å². The van der Waals surface area contributed by atoms with E-state index in [1.807, 2.05) is 6.92 Å². The number of rotatable bonds is 2. The summed E-state index contributed by atoms with van der Waals surface area (Å²) in [4.78, 5) is 10.9. The standard InChI is InChI=1S/C8H12O3/c1-3-10-6(2)7-4-5-11-8(7)9/h3-5H2,1-2H3/b7-6+. The molecule has 3 heteroatoms. The van der Waals surface area contributed by atoms with E-state index in [0.717, 1.165) is 0 Å². The lowest BCUT2D eigenvalue weighted by Crippen LogP contribution is -2.00. The first kappa shape index (κ1) is 8.11. The van der Waals surface area contributed by atoms with Crippen molar-refractivity contribution < 1.29 is 14.3 Å². The van der Waals surface area contributed by atoms with Crippen molar-refractivity contribution in [2.45, 2.75) is 20.3 Å². The SMILES string of the molecule is CCO/C(C)=C1\CCOC1=O. The predicted octanol–water partition coefficient (Wildman–Crippen LogP) is 1.24. The zero-order valence-corrected chi connectivity index (χ0v) is 6.85. The second-order valence-electron chi connectivity index (χ2n) is 2.35. The monoisotopic (exact) mass is 156 g/mol. The molecule has 0 N–H and O–H groups in total. The Morgan fingerprint density at radius 1 is 1.73 bits per heavy atom. The molecule has 0 radical (unpaired) electrons. The minimum Gasteiger partial charge on any atom is -0.498 e. The van der Waals surface area contributed by atoms with Crippen LogP contribution >= 0.6 is 0 Å². The number of carbonyl (C=O) groups is 1. The maximum Gasteiger partial charge on any atom is 0.337 e. The molecule has 0 amide bonds. The van der Waals surface area contributed by atoms with Crippen molar-refractivity contribution in [2.24, 2.45) is 0 Å².